The van der Waals surface area contributed by atoms with Gasteiger partial charge in [-0.3, -0.25) is 4.79 Å². The number of amides is 1. The number of ether oxygens (including phenoxy) is 1. The van der Waals surface area contributed by atoms with Crippen molar-refractivity contribution in [3.63, 3.8) is 0 Å². The molecule has 14 heavy (non-hydrogen) atoms. The summed E-state index contributed by atoms with van der Waals surface area (Å²) < 4.78 is 5.37. The molecular weight excluding hydrogens is 178 g/mol. The fraction of sp³-hybridized carbons (Fsp3) is 0.909. The molecule has 0 aromatic carbocycles. The van der Waals surface area contributed by atoms with E-state index in [0.717, 1.165) is 6.42 Å². The molecule has 1 amide bonds. The predicted octanol–water partition coefficient (Wildman–Crippen LogP) is 2.60. The normalized spacial score (nSPS) is 11.2. The van der Waals surface area contributed by atoms with Crippen molar-refractivity contribution in [2.45, 2.75) is 53.6 Å². The van der Waals surface area contributed by atoms with Gasteiger partial charge in [0.25, 0.3) is 0 Å². The minimum atomic E-state index is 0. The minimum Gasteiger partial charge on any atom is -0.377 e. The van der Waals surface area contributed by atoms with Gasteiger partial charge in [-0.1, -0.05) is 27.7 Å². The van der Waals surface area contributed by atoms with Crippen LogP contribution in [0.4, 0.5) is 0 Å². The topological polar surface area (TPSA) is 38.3 Å². The lowest BCUT2D eigenvalue weighted by Gasteiger charge is -2.14. The van der Waals surface area contributed by atoms with Gasteiger partial charge in [0.1, 0.15) is 0 Å². The maximum absolute atomic E-state index is 10.9. The van der Waals surface area contributed by atoms with Gasteiger partial charge in [0, 0.05) is 21.0 Å². The van der Waals surface area contributed by atoms with E-state index in [0.29, 0.717) is 19.6 Å². The second-order valence-electron chi connectivity index (χ2n) is 2.64. The van der Waals surface area contributed by atoms with Crippen LogP contribution in [0.1, 0.15) is 48.9 Å². The fourth-order valence-corrected chi connectivity index (χ4v) is 0.909. The zero-order valence-corrected chi connectivity index (χ0v) is 10.2. The molecule has 0 aromatic rings. The van der Waals surface area contributed by atoms with E-state index >= 15 is 0 Å². The molecule has 0 fully saturated rings. The molecule has 1 N–H and O–H groups in total. The fourth-order valence-electron chi connectivity index (χ4n) is 0.909. The number of carbonyl (C=O) groups excluding carboxylic acids is 1. The first-order valence-corrected chi connectivity index (χ1v) is 5.62. The van der Waals surface area contributed by atoms with Crippen molar-refractivity contribution in [1.29, 1.82) is 0 Å². The van der Waals surface area contributed by atoms with E-state index in [2.05, 4.69) is 12.2 Å². The van der Waals surface area contributed by atoms with Gasteiger partial charge in [0.15, 0.2) is 0 Å². The van der Waals surface area contributed by atoms with Crippen molar-refractivity contribution in [2.75, 3.05) is 13.2 Å². The SMILES string of the molecule is CC.CCO[C@H](CC)CNC(=O)CC.[HH]. The Labute approximate surface area is 89.7 Å². The standard InChI is InChI=1S/C9H19NO2.C2H6.H2/c1-4-8(12-6-3)7-10-9(11)5-2;1-2;/h8H,4-7H2,1-3H3,(H,10,11);1-2H3;1H/t8-;;/m1../s1. The zero-order chi connectivity index (χ0) is 11.4. The van der Waals surface area contributed by atoms with Crippen LogP contribution in [-0.2, 0) is 9.53 Å². The average Bonchev–Trinajstić information content (AvgIpc) is 2.26. The number of rotatable bonds is 6. The first-order valence-electron chi connectivity index (χ1n) is 5.62. The van der Waals surface area contributed by atoms with E-state index in [-0.39, 0.29) is 13.4 Å². The van der Waals surface area contributed by atoms with Crippen molar-refractivity contribution in [2.24, 2.45) is 0 Å². The van der Waals surface area contributed by atoms with Crippen LogP contribution in [0.3, 0.4) is 0 Å². The van der Waals surface area contributed by atoms with Crippen molar-refractivity contribution in [3.8, 4) is 0 Å². The smallest absolute Gasteiger partial charge is 0.219 e. The number of carbonyl (C=O) groups is 1. The molecule has 0 aliphatic carbocycles. The van der Waals surface area contributed by atoms with Crippen molar-refractivity contribution in [1.82, 2.24) is 5.32 Å². The highest BCUT2D eigenvalue weighted by molar-refractivity contribution is 5.75. The Morgan fingerprint density at radius 1 is 1.36 bits per heavy atom. The lowest BCUT2D eigenvalue weighted by molar-refractivity contribution is -0.121. The lowest BCUT2D eigenvalue weighted by atomic mass is 10.2. The Morgan fingerprint density at radius 2 is 1.93 bits per heavy atom. The third-order valence-electron chi connectivity index (χ3n) is 1.71. The van der Waals surface area contributed by atoms with E-state index in [9.17, 15) is 4.79 Å². The summed E-state index contributed by atoms with van der Waals surface area (Å²) in [5.41, 5.74) is 0. The van der Waals surface area contributed by atoms with Gasteiger partial charge in [-0.15, -0.1) is 0 Å². The third kappa shape index (κ3) is 9.52. The summed E-state index contributed by atoms with van der Waals surface area (Å²) in [6.45, 7) is 11.2. The molecule has 0 radical (unpaired) electrons. The summed E-state index contributed by atoms with van der Waals surface area (Å²) in [4.78, 5) is 10.9. The Kier molecular flexibility index (Phi) is 14.1. The minimum absolute atomic E-state index is 0. The van der Waals surface area contributed by atoms with Crippen LogP contribution in [-0.4, -0.2) is 25.2 Å². The predicted molar refractivity (Wildman–Crippen MR) is 62.5 cm³/mol. The van der Waals surface area contributed by atoms with Crippen LogP contribution >= 0.6 is 0 Å². The highest BCUT2D eigenvalue weighted by Gasteiger charge is 2.05. The number of hydrogen-bond donors (Lipinski definition) is 1. The quantitative estimate of drug-likeness (QED) is 0.724. The summed E-state index contributed by atoms with van der Waals surface area (Å²) in [5, 5.41) is 2.80. The van der Waals surface area contributed by atoms with Gasteiger partial charge in [-0.2, -0.15) is 0 Å². The molecule has 0 saturated heterocycles. The Bertz CT molecular complexity index is 132. The van der Waals surface area contributed by atoms with Crippen LogP contribution in [0.15, 0.2) is 0 Å². The van der Waals surface area contributed by atoms with E-state index < -0.39 is 0 Å². The molecule has 0 aromatic heterocycles. The maximum atomic E-state index is 10.9. The van der Waals surface area contributed by atoms with Crippen LogP contribution in [0.5, 0.6) is 0 Å². The monoisotopic (exact) mass is 205 g/mol. The molecule has 0 bridgehead atoms. The molecule has 0 aliphatic rings. The third-order valence-corrected chi connectivity index (χ3v) is 1.71. The maximum Gasteiger partial charge on any atom is 0.219 e. The summed E-state index contributed by atoms with van der Waals surface area (Å²) in [5.74, 6) is 0.0909. The van der Waals surface area contributed by atoms with E-state index in [1.807, 2.05) is 27.7 Å². The van der Waals surface area contributed by atoms with Crippen molar-refractivity contribution >= 4 is 5.91 Å². The second-order valence-corrected chi connectivity index (χ2v) is 2.64. The second kappa shape index (κ2) is 12.4. The first-order chi connectivity index (χ1) is 6.74. The summed E-state index contributed by atoms with van der Waals surface area (Å²) >= 11 is 0. The summed E-state index contributed by atoms with van der Waals surface area (Å²) in [6.07, 6.45) is 1.66. The highest BCUT2D eigenvalue weighted by Crippen LogP contribution is 1.95. The Balaban J connectivity index is -0.000000449. The van der Waals surface area contributed by atoms with Gasteiger partial charge < -0.3 is 10.1 Å². The van der Waals surface area contributed by atoms with Gasteiger partial charge in [0.05, 0.1) is 6.10 Å². The molecular formula is C11H27NO2. The summed E-state index contributed by atoms with van der Waals surface area (Å²) in [6, 6.07) is 0. The molecule has 3 heteroatoms. The van der Waals surface area contributed by atoms with E-state index in [4.69, 9.17) is 4.74 Å². The number of hydrogen-bond acceptors (Lipinski definition) is 2. The highest BCUT2D eigenvalue weighted by atomic mass is 16.5. The van der Waals surface area contributed by atoms with E-state index in [1.54, 1.807) is 0 Å². The molecule has 0 aliphatic heterocycles. The molecule has 0 rings (SSSR count). The van der Waals surface area contributed by atoms with Crippen LogP contribution in [0.25, 0.3) is 0 Å². The largest absolute Gasteiger partial charge is 0.377 e. The summed E-state index contributed by atoms with van der Waals surface area (Å²) in [7, 11) is 0. The zero-order valence-electron chi connectivity index (χ0n) is 10.2. The van der Waals surface area contributed by atoms with Crippen LogP contribution in [0.2, 0.25) is 0 Å². The Hall–Kier alpha value is -0.570. The van der Waals surface area contributed by atoms with Gasteiger partial charge >= 0.3 is 0 Å². The molecule has 3 nitrogen and oxygen atoms in total. The van der Waals surface area contributed by atoms with Gasteiger partial charge in [-0.25, -0.2) is 0 Å². The van der Waals surface area contributed by atoms with Gasteiger partial charge in [0.2, 0.25) is 5.91 Å². The lowest BCUT2D eigenvalue weighted by Crippen LogP contribution is -2.32. The van der Waals surface area contributed by atoms with Crippen LogP contribution < -0.4 is 5.32 Å². The van der Waals surface area contributed by atoms with E-state index in [1.165, 1.54) is 0 Å². The molecule has 88 valence electrons. The molecule has 0 spiro atoms. The average molecular weight is 205 g/mol. The molecule has 0 unspecified atom stereocenters. The number of nitrogens with one attached hydrogen (secondary N) is 1. The molecule has 0 heterocycles. The van der Waals surface area contributed by atoms with Crippen molar-refractivity contribution in [3.05, 3.63) is 0 Å². The van der Waals surface area contributed by atoms with Crippen molar-refractivity contribution < 1.29 is 11.0 Å². The van der Waals surface area contributed by atoms with Gasteiger partial charge in [-0.05, 0) is 13.3 Å². The first kappa shape index (κ1) is 15.9. The molecule has 0 saturated carbocycles. The Morgan fingerprint density at radius 3 is 2.29 bits per heavy atom. The van der Waals surface area contributed by atoms with Crippen LogP contribution in [0, 0.1) is 0 Å². The molecule has 1 atom stereocenters.